The molecule has 0 bridgehead atoms. The first-order valence-corrected chi connectivity index (χ1v) is 7.65. The van der Waals surface area contributed by atoms with Crippen LogP contribution in [-0.4, -0.2) is 34.4 Å². The molecular weight excluding hydrogens is 250 g/mol. The van der Waals surface area contributed by atoms with Crippen molar-refractivity contribution in [1.82, 2.24) is 9.88 Å². The molecule has 108 valence electrons. The van der Waals surface area contributed by atoms with E-state index in [1.54, 1.807) is 0 Å². The van der Waals surface area contributed by atoms with Crippen LogP contribution in [0.2, 0.25) is 0 Å². The van der Waals surface area contributed by atoms with E-state index in [1.165, 1.54) is 0 Å². The molecule has 4 nitrogen and oxygen atoms in total. The summed E-state index contributed by atoms with van der Waals surface area (Å²) in [6.07, 6.45) is 7.75. The van der Waals surface area contributed by atoms with E-state index in [2.05, 4.69) is 11.1 Å². The lowest BCUT2D eigenvalue weighted by Crippen LogP contribution is -2.52. The van der Waals surface area contributed by atoms with E-state index < -0.39 is 5.54 Å². The monoisotopic (exact) mass is 273 g/mol. The highest BCUT2D eigenvalue weighted by atomic mass is 16.2. The summed E-state index contributed by atoms with van der Waals surface area (Å²) < 4.78 is 0. The Kier molecular flexibility index (Phi) is 3.74. The molecule has 1 saturated heterocycles. The molecule has 1 aromatic heterocycles. The minimum Gasteiger partial charge on any atom is -0.341 e. The number of hydrogen-bond donors (Lipinski definition) is 1. The Balaban J connectivity index is 1.58. The Morgan fingerprint density at radius 2 is 2.20 bits per heavy atom. The van der Waals surface area contributed by atoms with Gasteiger partial charge < -0.3 is 10.6 Å². The van der Waals surface area contributed by atoms with Crippen LogP contribution in [0.5, 0.6) is 0 Å². The molecule has 4 heteroatoms. The van der Waals surface area contributed by atoms with Gasteiger partial charge in [-0.05, 0) is 43.7 Å². The number of amides is 1. The maximum Gasteiger partial charge on any atom is 0.242 e. The van der Waals surface area contributed by atoms with Gasteiger partial charge in [-0.2, -0.15) is 0 Å². The highest BCUT2D eigenvalue weighted by Crippen LogP contribution is 2.31. The second-order valence-electron chi connectivity index (χ2n) is 6.29. The van der Waals surface area contributed by atoms with Gasteiger partial charge in [0.05, 0.1) is 5.54 Å². The van der Waals surface area contributed by atoms with Gasteiger partial charge in [-0.1, -0.05) is 18.9 Å². The van der Waals surface area contributed by atoms with Crippen LogP contribution in [0.3, 0.4) is 0 Å². The summed E-state index contributed by atoms with van der Waals surface area (Å²) in [5.74, 6) is 0.706. The molecule has 1 aromatic rings. The fraction of sp³-hybridized carbons (Fsp3) is 0.625. The van der Waals surface area contributed by atoms with E-state index in [1.807, 2.05) is 23.2 Å². The van der Waals surface area contributed by atoms with Crippen molar-refractivity contribution in [3.05, 3.63) is 30.1 Å². The standard InChI is InChI=1S/C16H23N3O/c17-16(7-2-3-8-16)15(20)19-10-6-13(12-19)11-14-5-1-4-9-18-14/h1,4-5,9,13H,2-3,6-8,10-12,17H2. The number of carbonyl (C=O) groups is 1. The fourth-order valence-electron chi connectivity index (χ4n) is 3.53. The Morgan fingerprint density at radius 3 is 2.90 bits per heavy atom. The van der Waals surface area contributed by atoms with Crippen LogP contribution in [0.4, 0.5) is 0 Å². The molecule has 20 heavy (non-hydrogen) atoms. The predicted molar refractivity (Wildman–Crippen MR) is 78.0 cm³/mol. The molecule has 1 saturated carbocycles. The van der Waals surface area contributed by atoms with E-state index in [0.29, 0.717) is 5.92 Å². The summed E-state index contributed by atoms with van der Waals surface area (Å²) in [6.45, 7) is 1.70. The molecule has 1 amide bonds. The Labute approximate surface area is 120 Å². The van der Waals surface area contributed by atoms with Gasteiger partial charge in [0.1, 0.15) is 0 Å². The van der Waals surface area contributed by atoms with Crippen LogP contribution in [0, 0.1) is 5.92 Å². The Hall–Kier alpha value is -1.42. The molecule has 2 fully saturated rings. The first kappa shape index (κ1) is 13.6. The van der Waals surface area contributed by atoms with Gasteiger partial charge in [0.25, 0.3) is 0 Å². The second-order valence-corrected chi connectivity index (χ2v) is 6.29. The highest BCUT2D eigenvalue weighted by Gasteiger charge is 2.41. The first-order chi connectivity index (χ1) is 9.67. The summed E-state index contributed by atoms with van der Waals surface area (Å²) >= 11 is 0. The minimum atomic E-state index is -0.570. The second kappa shape index (κ2) is 5.52. The summed E-state index contributed by atoms with van der Waals surface area (Å²) in [5.41, 5.74) is 6.83. The van der Waals surface area contributed by atoms with E-state index in [9.17, 15) is 4.79 Å². The maximum atomic E-state index is 12.6. The zero-order valence-electron chi connectivity index (χ0n) is 11.9. The molecule has 0 spiro atoms. The maximum absolute atomic E-state index is 12.6. The van der Waals surface area contributed by atoms with Crippen LogP contribution in [0.1, 0.15) is 37.8 Å². The number of nitrogens with zero attached hydrogens (tertiary/aromatic N) is 2. The Morgan fingerprint density at radius 1 is 1.40 bits per heavy atom. The number of rotatable bonds is 3. The third-order valence-electron chi connectivity index (χ3n) is 4.72. The lowest BCUT2D eigenvalue weighted by Gasteiger charge is -2.28. The summed E-state index contributed by atoms with van der Waals surface area (Å²) in [5, 5.41) is 0. The van der Waals surface area contributed by atoms with Gasteiger partial charge in [0.2, 0.25) is 5.91 Å². The van der Waals surface area contributed by atoms with Crippen molar-refractivity contribution in [2.24, 2.45) is 11.7 Å². The first-order valence-electron chi connectivity index (χ1n) is 7.65. The molecule has 1 aliphatic carbocycles. The number of pyridine rings is 1. The lowest BCUT2D eigenvalue weighted by molar-refractivity contribution is -0.135. The molecule has 0 radical (unpaired) electrons. The molecule has 1 atom stereocenters. The van der Waals surface area contributed by atoms with Gasteiger partial charge >= 0.3 is 0 Å². The zero-order chi connectivity index (χ0) is 14.0. The van der Waals surface area contributed by atoms with E-state index >= 15 is 0 Å². The van der Waals surface area contributed by atoms with E-state index in [0.717, 1.165) is 57.3 Å². The summed E-state index contributed by atoms with van der Waals surface area (Å²) in [6, 6.07) is 6.02. The number of likely N-dealkylation sites (tertiary alicyclic amines) is 1. The Bertz CT molecular complexity index is 468. The number of hydrogen-bond acceptors (Lipinski definition) is 3. The average Bonchev–Trinajstić information content (AvgIpc) is 3.09. The van der Waals surface area contributed by atoms with Crippen LogP contribution < -0.4 is 5.73 Å². The molecule has 2 heterocycles. The largest absolute Gasteiger partial charge is 0.341 e. The molecule has 1 aliphatic heterocycles. The zero-order valence-corrected chi connectivity index (χ0v) is 11.9. The molecule has 2 N–H and O–H groups in total. The van der Waals surface area contributed by atoms with Crippen molar-refractivity contribution < 1.29 is 4.79 Å². The number of aromatic nitrogens is 1. The van der Waals surface area contributed by atoms with Crippen molar-refractivity contribution in [2.45, 2.75) is 44.1 Å². The third kappa shape index (κ3) is 2.70. The van der Waals surface area contributed by atoms with Crippen molar-refractivity contribution in [2.75, 3.05) is 13.1 Å². The quantitative estimate of drug-likeness (QED) is 0.912. The van der Waals surface area contributed by atoms with Crippen LogP contribution in [0.15, 0.2) is 24.4 Å². The average molecular weight is 273 g/mol. The number of carbonyl (C=O) groups excluding carboxylic acids is 1. The fourth-order valence-corrected chi connectivity index (χ4v) is 3.53. The normalized spacial score (nSPS) is 25.1. The minimum absolute atomic E-state index is 0.179. The summed E-state index contributed by atoms with van der Waals surface area (Å²) in [4.78, 5) is 18.9. The van der Waals surface area contributed by atoms with E-state index in [4.69, 9.17) is 5.73 Å². The van der Waals surface area contributed by atoms with Gasteiger partial charge in [0.15, 0.2) is 0 Å². The van der Waals surface area contributed by atoms with Crippen LogP contribution in [-0.2, 0) is 11.2 Å². The molecule has 2 aliphatic rings. The topological polar surface area (TPSA) is 59.2 Å². The highest BCUT2D eigenvalue weighted by molar-refractivity contribution is 5.86. The van der Waals surface area contributed by atoms with Crippen molar-refractivity contribution in [3.8, 4) is 0 Å². The van der Waals surface area contributed by atoms with Crippen LogP contribution in [0.25, 0.3) is 0 Å². The third-order valence-corrected chi connectivity index (χ3v) is 4.72. The van der Waals surface area contributed by atoms with Crippen molar-refractivity contribution >= 4 is 5.91 Å². The van der Waals surface area contributed by atoms with E-state index in [-0.39, 0.29) is 5.91 Å². The van der Waals surface area contributed by atoms with Crippen LogP contribution >= 0.6 is 0 Å². The predicted octanol–water partition coefficient (Wildman–Crippen LogP) is 1.74. The SMILES string of the molecule is NC1(C(=O)N2CCC(Cc3ccccn3)C2)CCCC1. The van der Waals surface area contributed by atoms with Crippen molar-refractivity contribution in [1.29, 1.82) is 0 Å². The van der Waals surface area contributed by atoms with Gasteiger partial charge in [-0.3, -0.25) is 9.78 Å². The molecule has 1 unspecified atom stereocenters. The summed E-state index contributed by atoms with van der Waals surface area (Å²) in [7, 11) is 0. The molecule has 0 aromatic carbocycles. The van der Waals surface area contributed by atoms with Gasteiger partial charge in [-0.25, -0.2) is 0 Å². The smallest absolute Gasteiger partial charge is 0.242 e. The van der Waals surface area contributed by atoms with Gasteiger partial charge in [-0.15, -0.1) is 0 Å². The molecule has 3 rings (SSSR count). The van der Waals surface area contributed by atoms with Crippen molar-refractivity contribution in [3.63, 3.8) is 0 Å². The lowest BCUT2D eigenvalue weighted by atomic mass is 9.97. The van der Waals surface area contributed by atoms with Gasteiger partial charge in [0, 0.05) is 25.0 Å². The molecular formula is C16H23N3O. The number of nitrogens with two attached hydrogens (primary N) is 1.